The van der Waals surface area contributed by atoms with Crippen LogP contribution in [0.3, 0.4) is 0 Å². The number of pyridine rings is 1. The van der Waals surface area contributed by atoms with Crippen LogP contribution in [0.25, 0.3) is 0 Å². The van der Waals surface area contributed by atoms with Gasteiger partial charge in [0.15, 0.2) is 0 Å². The maximum absolute atomic E-state index is 8.82. The molecule has 2 aliphatic heterocycles. The average molecular weight is 272 g/mol. The molecule has 3 heterocycles. The zero-order valence-corrected chi connectivity index (χ0v) is 11.7. The molecule has 3 rings (SSSR count). The van der Waals surface area contributed by atoms with Crippen molar-refractivity contribution in [1.29, 1.82) is 5.26 Å². The number of hydrogen-bond donors (Lipinski definition) is 0. The molecule has 1 atom stereocenters. The standard InChI is InChI=1S/C15H20N4O/c16-10-13-2-3-15(17-11-13)19-6-1-5-18(7-8-19)14-4-9-20-12-14/h2-3,11,14H,1,4-9,12H2. The van der Waals surface area contributed by atoms with Crippen LogP contribution in [0.2, 0.25) is 0 Å². The van der Waals surface area contributed by atoms with Crippen LogP contribution in [-0.2, 0) is 4.74 Å². The van der Waals surface area contributed by atoms with E-state index in [0.717, 1.165) is 58.1 Å². The molecule has 0 N–H and O–H groups in total. The molecular weight excluding hydrogens is 252 g/mol. The first kappa shape index (κ1) is 13.3. The van der Waals surface area contributed by atoms with Crippen molar-refractivity contribution in [3.63, 3.8) is 0 Å². The SMILES string of the molecule is N#Cc1ccc(N2CCCN(C3CCOC3)CC2)nc1. The number of nitrogens with zero attached hydrogens (tertiary/aromatic N) is 4. The predicted octanol–water partition coefficient (Wildman–Crippen LogP) is 1.25. The van der Waals surface area contributed by atoms with E-state index in [0.29, 0.717) is 11.6 Å². The van der Waals surface area contributed by atoms with Crippen molar-refractivity contribution in [2.75, 3.05) is 44.3 Å². The summed E-state index contributed by atoms with van der Waals surface area (Å²) >= 11 is 0. The minimum absolute atomic E-state index is 0.601. The maximum atomic E-state index is 8.82. The molecule has 0 aliphatic carbocycles. The van der Waals surface area contributed by atoms with Gasteiger partial charge in [0.05, 0.1) is 12.2 Å². The van der Waals surface area contributed by atoms with Crippen molar-refractivity contribution < 1.29 is 4.74 Å². The monoisotopic (exact) mass is 272 g/mol. The first-order valence-corrected chi connectivity index (χ1v) is 7.30. The highest BCUT2D eigenvalue weighted by molar-refractivity contribution is 5.42. The van der Waals surface area contributed by atoms with E-state index in [2.05, 4.69) is 20.9 Å². The summed E-state index contributed by atoms with van der Waals surface area (Å²) in [5.74, 6) is 0.980. The van der Waals surface area contributed by atoms with Gasteiger partial charge in [-0.2, -0.15) is 5.26 Å². The fourth-order valence-corrected chi connectivity index (χ4v) is 2.98. The van der Waals surface area contributed by atoms with Gasteiger partial charge in [0.1, 0.15) is 11.9 Å². The lowest BCUT2D eigenvalue weighted by Gasteiger charge is -2.26. The lowest BCUT2D eigenvalue weighted by Crippen LogP contribution is -2.38. The summed E-state index contributed by atoms with van der Waals surface area (Å²) < 4.78 is 5.49. The van der Waals surface area contributed by atoms with Crippen LogP contribution in [0.1, 0.15) is 18.4 Å². The summed E-state index contributed by atoms with van der Waals surface area (Å²) in [6, 6.07) is 6.51. The summed E-state index contributed by atoms with van der Waals surface area (Å²) in [5, 5.41) is 8.82. The van der Waals surface area contributed by atoms with E-state index in [1.807, 2.05) is 12.1 Å². The Morgan fingerprint density at radius 2 is 2.20 bits per heavy atom. The summed E-state index contributed by atoms with van der Waals surface area (Å²) in [4.78, 5) is 9.27. The molecule has 1 aromatic heterocycles. The predicted molar refractivity (Wildman–Crippen MR) is 76.6 cm³/mol. The number of anilines is 1. The van der Waals surface area contributed by atoms with Crippen LogP contribution in [0.5, 0.6) is 0 Å². The van der Waals surface area contributed by atoms with Crippen LogP contribution in [0.4, 0.5) is 5.82 Å². The Bertz CT molecular complexity index is 476. The second-order valence-electron chi connectivity index (χ2n) is 5.41. The minimum Gasteiger partial charge on any atom is -0.380 e. The Morgan fingerprint density at radius 3 is 2.90 bits per heavy atom. The van der Waals surface area contributed by atoms with Crippen molar-refractivity contribution in [3.8, 4) is 6.07 Å². The van der Waals surface area contributed by atoms with E-state index in [4.69, 9.17) is 10.00 Å². The van der Waals surface area contributed by atoms with E-state index in [-0.39, 0.29) is 0 Å². The van der Waals surface area contributed by atoms with Gasteiger partial charge in [0.25, 0.3) is 0 Å². The van der Waals surface area contributed by atoms with Gasteiger partial charge in [-0.15, -0.1) is 0 Å². The van der Waals surface area contributed by atoms with E-state index < -0.39 is 0 Å². The van der Waals surface area contributed by atoms with Gasteiger partial charge >= 0.3 is 0 Å². The second-order valence-corrected chi connectivity index (χ2v) is 5.41. The van der Waals surface area contributed by atoms with Crippen molar-refractivity contribution in [2.24, 2.45) is 0 Å². The van der Waals surface area contributed by atoms with E-state index in [1.165, 1.54) is 0 Å². The van der Waals surface area contributed by atoms with Crippen molar-refractivity contribution in [2.45, 2.75) is 18.9 Å². The maximum Gasteiger partial charge on any atom is 0.128 e. The third-order valence-corrected chi connectivity index (χ3v) is 4.15. The van der Waals surface area contributed by atoms with Crippen LogP contribution < -0.4 is 4.90 Å². The second kappa shape index (κ2) is 6.21. The number of aromatic nitrogens is 1. The molecule has 0 amide bonds. The summed E-state index contributed by atoms with van der Waals surface area (Å²) in [6.45, 7) is 6.02. The first-order valence-electron chi connectivity index (χ1n) is 7.30. The molecule has 5 nitrogen and oxygen atoms in total. The molecule has 5 heteroatoms. The molecule has 0 spiro atoms. The zero-order valence-electron chi connectivity index (χ0n) is 11.7. The Hall–Kier alpha value is -1.64. The molecule has 106 valence electrons. The van der Waals surface area contributed by atoms with Crippen molar-refractivity contribution >= 4 is 5.82 Å². The van der Waals surface area contributed by atoms with Crippen LogP contribution >= 0.6 is 0 Å². The van der Waals surface area contributed by atoms with Gasteiger partial charge in [-0.05, 0) is 25.0 Å². The number of rotatable bonds is 2. The van der Waals surface area contributed by atoms with Gasteiger partial charge in [-0.1, -0.05) is 0 Å². The van der Waals surface area contributed by atoms with Gasteiger partial charge in [0.2, 0.25) is 0 Å². The van der Waals surface area contributed by atoms with E-state index in [9.17, 15) is 0 Å². The Labute approximate surface area is 119 Å². The average Bonchev–Trinajstić information content (AvgIpc) is 2.92. The van der Waals surface area contributed by atoms with E-state index >= 15 is 0 Å². The molecular formula is C15H20N4O. The lowest BCUT2D eigenvalue weighted by molar-refractivity contribution is 0.148. The fraction of sp³-hybridized carbons (Fsp3) is 0.600. The lowest BCUT2D eigenvalue weighted by atomic mass is 10.2. The summed E-state index contributed by atoms with van der Waals surface area (Å²) in [6.07, 6.45) is 3.97. The molecule has 1 unspecified atom stereocenters. The Morgan fingerprint density at radius 1 is 1.25 bits per heavy atom. The molecule has 2 saturated heterocycles. The van der Waals surface area contributed by atoms with Gasteiger partial charge < -0.3 is 9.64 Å². The zero-order chi connectivity index (χ0) is 13.8. The smallest absolute Gasteiger partial charge is 0.128 e. The third-order valence-electron chi connectivity index (χ3n) is 4.15. The van der Waals surface area contributed by atoms with Crippen LogP contribution in [-0.4, -0.2) is 55.3 Å². The number of nitriles is 1. The molecule has 0 bridgehead atoms. The van der Waals surface area contributed by atoms with Crippen molar-refractivity contribution in [1.82, 2.24) is 9.88 Å². The highest BCUT2D eigenvalue weighted by Crippen LogP contribution is 2.18. The largest absolute Gasteiger partial charge is 0.380 e. The first-order chi connectivity index (χ1) is 9.86. The van der Waals surface area contributed by atoms with Gasteiger partial charge in [-0.25, -0.2) is 4.98 Å². The summed E-state index contributed by atoms with van der Waals surface area (Å²) in [7, 11) is 0. The molecule has 1 aromatic rings. The minimum atomic E-state index is 0.601. The quantitative estimate of drug-likeness (QED) is 0.811. The normalized spacial score (nSPS) is 24.4. The molecule has 2 aliphatic rings. The topological polar surface area (TPSA) is 52.4 Å². The molecule has 0 aromatic carbocycles. The molecule has 0 saturated carbocycles. The molecule has 20 heavy (non-hydrogen) atoms. The highest BCUT2D eigenvalue weighted by atomic mass is 16.5. The highest BCUT2D eigenvalue weighted by Gasteiger charge is 2.25. The Balaban J connectivity index is 1.62. The van der Waals surface area contributed by atoms with Crippen LogP contribution in [0, 0.1) is 11.3 Å². The fourth-order valence-electron chi connectivity index (χ4n) is 2.98. The number of ether oxygens (including phenoxy) is 1. The van der Waals surface area contributed by atoms with E-state index in [1.54, 1.807) is 6.20 Å². The number of hydrogen-bond acceptors (Lipinski definition) is 5. The van der Waals surface area contributed by atoms with Gasteiger partial charge in [-0.3, -0.25) is 4.90 Å². The van der Waals surface area contributed by atoms with Crippen LogP contribution in [0.15, 0.2) is 18.3 Å². The molecule has 2 fully saturated rings. The van der Waals surface area contributed by atoms with Crippen molar-refractivity contribution in [3.05, 3.63) is 23.9 Å². The third kappa shape index (κ3) is 2.92. The van der Waals surface area contributed by atoms with Gasteiger partial charge in [0, 0.05) is 45.0 Å². The summed E-state index contributed by atoms with van der Waals surface area (Å²) in [5.41, 5.74) is 0.619. The Kier molecular flexibility index (Phi) is 4.14. The molecule has 0 radical (unpaired) electrons.